The van der Waals surface area contributed by atoms with Crippen LogP contribution in [0, 0.1) is 5.92 Å². The Morgan fingerprint density at radius 1 is 1.30 bits per heavy atom. The van der Waals surface area contributed by atoms with Crippen molar-refractivity contribution >= 4 is 6.09 Å². The molecule has 1 aromatic rings. The fourth-order valence-corrected chi connectivity index (χ4v) is 3.70. The van der Waals surface area contributed by atoms with Crippen LogP contribution in [0.25, 0.3) is 0 Å². The number of nitrogens with zero attached hydrogens (tertiary/aromatic N) is 1. The molecule has 3 rings (SSSR count). The first kappa shape index (κ1) is 16.1. The van der Waals surface area contributed by atoms with E-state index in [9.17, 15) is 4.79 Å². The van der Waals surface area contributed by atoms with Crippen molar-refractivity contribution in [2.45, 2.75) is 38.1 Å². The van der Waals surface area contributed by atoms with Crippen LogP contribution < -0.4 is 10.1 Å². The van der Waals surface area contributed by atoms with Gasteiger partial charge in [0.25, 0.3) is 0 Å². The molecule has 5 nitrogen and oxygen atoms in total. The molecule has 1 aliphatic carbocycles. The largest absolute Gasteiger partial charge is 0.497 e. The zero-order chi connectivity index (χ0) is 16.2. The van der Waals surface area contributed by atoms with Gasteiger partial charge in [-0.1, -0.05) is 6.07 Å². The quantitative estimate of drug-likeness (QED) is 0.895. The molecule has 1 aromatic carbocycles. The highest BCUT2D eigenvalue weighted by molar-refractivity contribution is 5.64. The molecule has 0 spiro atoms. The van der Waals surface area contributed by atoms with Gasteiger partial charge in [0, 0.05) is 19.1 Å². The third kappa shape index (κ3) is 3.96. The van der Waals surface area contributed by atoms with Gasteiger partial charge in [0.2, 0.25) is 0 Å². The van der Waals surface area contributed by atoms with Crippen LogP contribution >= 0.6 is 0 Å². The van der Waals surface area contributed by atoms with Gasteiger partial charge in [-0.2, -0.15) is 0 Å². The lowest BCUT2D eigenvalue weighted by atomic mass is 9.87. The molecular weight excluding hydrogens is 292 g/mol. The number of benzene rings is 1. The molecule has 5 heteroatoms. The molecule has 2 N–H and O–H groups in total. The van der Waals surface area contributed by atoms with Gasteiger partial charge in [-0.25, -0.2) is 4.79 Å². The summed E-state index contributed by atoms with van der Waals surface area (Å²) in [5.74, 6) is 1.53. The van der Waals surface area contributed by atoms with Gasteiger partial charge in [-0.3, -0.25) is 0 Å². The molecule has 1 atom stereocenters. The van der Waals surface area contributed by atoms with E-state index in [1.165, 1.54) is 22.4 Å². The molecular formula is C18H26N2O3. The molecule has 126 valence electrons. The Bertz CT molecular complexity index is 553. The van der Waals surface area contributed by atoms with Crippen LogP contribution in [-0.2, 0) is 12.8 Å². The van der Waals surface area contributed by atoms with Gasteiger partial charge in [-0.05, 0) is 67.8 Å². The van der Waals surface area contributed by atoms with Gasteiger partial charge in [0.1, 0.15) is 5.75 Å². The Morgan fingerprint density at radius 3 is 2.78 bits per heavy atom. The molecule has 1 heterocycles. The smallest absolute Gasteiger partial charge is 0.407 e. The third-order valence-corrected chi connectivity index (χ3v) is 5.22. The summed E-state index contributed by atoms with van der Waals surface area (Å²) in [6.07, 6.45) is 4.50. The molecule has 0 aromatic heterocycles. The average Bonchev–Trinajstić information content (AvgIpc) is 2.59. The number of rotatable bonds is 4. The molecule has 1 amide bonds. The first-order chi connectivity index (χ1) is 11.2. The van der Waals surface area contributed by atoms with Crippen molar-refractivity contribution in [2.75, 3.05) is 26.7 Å². The van der Waals surface area contributed by atoms with E-state index in [4.69, 9.17) is 9.84 Å². The van der Waals surface area contributed by atoms with Crippen LogP contribution in [0.5, 0.6) is 5.75 Å². The van der Waals surface area contributed by atoms with Gasteiger partial charge in [-0.15, -0.1) is 0 Å². The lowest BCUT2D eigenvalue weighted by molar-refractivity contribution is 0.123. The van der Waals surface area contributed by atoms with Crippen molar-refractivity contribution in [2.24, 2.45) is 5.92 Å². The van der Waals surface area contributed by atoms with Crippen LogP contribution in [0.15, 0.2) is 18.2 Å². The standard InChI is InChI=1S/C18H26N2O3/c1-23-17-5-3-14-2-4-16(10-15(14)11-17)19-12-13-6-8-20(9-7-13)18(21)22/h3,5,11,13,16,19H,2,4,6-10,12H2,1H3,(H,21,22). The van der Waals surface area contributed by atoms with Gasteiger partial charge in [0.05, 0.1) is 7.11 Å². The van der Waals surface area contributed by atoms with E-state index < -0.39 is 6.09 Å². The van der Waals surface area contributed by atoms with E-state index in [1.54, 1.807) is 7.11 Å². The van der Waals surface area contributed by atoms with Crippen LogP contribution in [-0.4, -0.2) is 48.9 Å². The Labute approximate surface area is 137 Å². The van der Waals surface area contributed by atoms with Crippen LogP contribution in [0.2, 0.25) is 0 Å². The van der Waals surface area contributed by atoms with Gasteiger partial charge >= 0.3 is 6.09 Å². The Hall–Kier alpha value is -1.75. The van der Waals surface area contributed by atoms with E-state index in [2.05, 4.69) is 17.4 Å². The minimum atomic E-state index is -0.783. The lowest BCUT2D eigenvalue weighted by Crippen LogP contribution is -2.43. The number of aryl methyl sites for hydroxylation is 1. The number of amides is 1. The summed E-state index contributed by atoms with van der Waals surface area (Å²) in [6, 6.07) is 6.91. The maximum absolute atomic E-state index is 10.9. The second kappa shape index (κ2) is 7.21. The normalized spacial score (nSPS) is 21.8. The highest BCUT2D eigenvalue weighted by Crippen LogP contribution is 2.26. The van der Waals surface area contributed by atoms with Crippen molar-refractivity contribution in [3.63, 3.8) is 0 Å². The van der Waals surface area contributed by atoms with E-state index in [-0.39, 0.29) is 0 Å². The molecule has 0 bridgehead atoms. The molecule has 0 saturated carbocycles. The van der Waals surface area contributed by atoms with Crippen molar-refractivity contribution in [1.82, 2.24) is 10.2 Å². The molecule has 0 radical (unpaired) electrons. The maximum Gasteiger partial charge on any atom is 0.407 e. The number of piperidine rings is 1. The topological polar surface area (TPSA) is 61.8 Å². The van der Waals surface area contributed by atoms with E-state index in [0.717, 1.165) is 38.0 Å². The molecule has 1 aliphatic heterocycles. The number of hydrogen-bond donors (Lipinski definition) is 2. The molecule has 1 saturated heterocycles. The highest BCUT2D eigenvalue weighted by atomic mass is 16.5. The number of ether oxygens (including phenoxy) is 1. The predicted molar refractivity (Wildman–Crippen MR) is 89.1 cm³/mol. The summed E-state index contributed by atoms with van der Waals surface area (Å²) in [4.78, 5) is 12.5. The minimum absolute atomic E-state index is 0.520. The summed E-state index contributed by atoms with van der Waals surface area (Å²) in [5, 5.41) is 12.7. The number of nitrogens with one attached hydrogen (secondary N) is 1. The molecule has 2 aliphatic rings. The van der Waals surface area contributed by atoms with Gasteiger partial charge < -0.3 is 20.1 Å². The van der Waals surface area contributed by atoms with E-state index in [0.29, 0.717) is 25.0 Å². The van der Waals surface area contributed by atoms with Crippen LogP contribution in [0.3, 0.4) is 0 Å². The highest BCUT2D eigenvalue weighted by Gasteiger charge is 2.24. The number of carbonyl (C=O) groups is 1. The summed E-state index contributed by atoms with van der Waals surface area (Å²) >= 11 is 0. The Balaban J connectivity index is 1.47. The van der Waals surface area contributed by atoms with Crippen LogP contribution in [0.4, 0.5) is 4.79 Å². The van der Waals surface area contributed by atoms with Crippen molar-refractivity contribution < 1.29 is 14.6 Å². The summed E-state index contributed by atoms with van der Waals surface area (Å²) < 4.78 is 5.33. The van der Waals surface area contributed by atoms with Crippen molar-refractivity contribution in [1.29, 1.82) is 0 Å². The third-order valence-electron chi connectivity index (χ3n) is 5.22. The molecule has 1 fully saturated rings. The summed E-state index contributed by atoms with van der Waals surface area (Å²) in [5.41, 5.74) is 2.84. The fourth-order valence-electron chi connectivity index (χ4n) is 3.70. The maximum atomic E-state index is 10.9. The first-order valence-electron chi connectivity index (χ1n) is 8.52. The second-order valence-electron chi connectivity index (χ2n) is 6.70. The number of hydrogen-bond acceptors (Lipinski definition) is 3. The SMILES string of the molecule is COc1ccc2c(c1)CC(NCC1CCN(C(=O)O)CC1)CC2. The zero-order valence-electron chi connectivity index (χ0n) is 13.8. The average molecular weight is 318 g/mol. The number of methoxy groups -OCH3 is 1. The second-order valence-corrected chi connectivity index (χ2v) is 6.70. The Kier molecular flexibility index (Phi) is 5.06. The molecule has 1 unspecified atom stereocenters. The number of likely N-dealkylation sites (tertiary alicyclic amines) is 1. The minimum Gasteiger partial charge on any atom is -0.497 e. The van der Waals surface area contributed by atoms with E-state index >= 15 is 0 Å². The zero-order valence-corrected chi connectivity index (χ0v) is 13.8. The van der Waals surface area contributed by atoms with Crippen LogP contribution in [0.1, 0.15) is 30.4 Å². The van der Waals surface area contributed by atoms with E-state index in [1.807, 2.05) is 6.07 Å². The number of fused-ring (bicyclic) bond motifs is 1. The fraction of sp³-hybridized carbons (Fsp3) is 0.611. The Morgan fingerprint density at radius 2 is 2.09 bits per heavy atom. The summed E-state index contributed by atoms with van der Waals surface area (Å²) in [7, 11) is 1.71. The van der Waals surface area contributed by atoms with Gasteiger partial charge in [0.15, 0.2) is 0 Å². The van der Waals surface area contributed by atoms with Crippen molar-refractivity contribution in [3.05, 3.63) is 29.3 Å². The lowest BCUT2D eigenvalue weighted by Gasteiger charge is -2.32. The predicted octanol–water partition coefficient (Wildman–Crippen LogP) is 2.53. The monoisotopic (exact) mass is 318 g/mol. The first-order valence-corrected chi connectivity index (χ1v) is 8.52. The summed E-state index contributed by atoms with van der Waals surface area (Å²) in [6.45, 7) is 2.34. The molecule has 23 heavy (non-hydrogen) atoms. The van der Waals surface area contributed by atoms with Crippen molar-refractivity contribution in [3.8, 4) is 5.75 Å². The number of carboxylic acid groups (broad SMARTS) is 1.